The van der Waals surface area contributed by atoms with Crippen molar-refractivity contribution in [3.8, 4) is 0 Å². The van der Waals surface area contributed by atoms with E-state index in [0.717, 1.165) is 9.37 Å². The van der Waals surface area contributed by atoms with Crippen LogP contribution in [0.1, 0.15) is 0 Å². The van der Waals surface area contributed by atoms with E-state index in [-0.39, 0.29) is 5.69 Å². The molecule has 0 amide bonds. The Morgan fingerprint density at radius 1 is 1.17 bits per heavy atom. The van der Waals surface area contributed by atoms with Crippen molar-refractivity contribution in [2.45, 2.75) is 9.79 Å². The van der Waals surface area contributed by atoms with Crippen LogP contribution in [-0.4, -0.2) is 4.92 Å². The summed E-state index contributed by atoms with van der Waals surface area (Å²) >= 11 is 10.6. The zero-order chi connectivity index (χ0) is 13.1. The second-order valence-corrected chi connectivity index (χ2v) is 5.78. The van der Waals surface area contributed by atoms with Gasteiger partial charge in [-0.2, -0.15) is 0 Å². The van der Waals surface area contributed by atoms with Gasteiger partial charge in [0, 0.05) is 20.5 Å². The molecule has 2 rings (SSSR count). The highest BCUT2D eigenvalue weighted by molar-refractivity contribution is 9.10. The fourth-order valence-electron chi connectivity index (χ4n) is 1.37. The summed E-state index contributed by atoms with van der Waals surface area (Å²) in [4.78, 5) is 12.0. The van der Waals surface area contributed by atoms with Crippen LogP contribution in [0.4, 0.5) is 5.69 Å². The van der Waals surface area contributed by atoms with Crippen LogP contribution in [0.5, 0.6) is 0 Å². The Morgan fingerprint density at radius 3 is 2.56 bits per heavy atom. The van der Waals surface area contributed by atoms with Gasteiger partial charge in [0.1, 0.15) is 0 Å². The van der Waals surface area contributed by atoms with Crippen molar-refractivity contribution >= 4 is 45.0 Å². The quantitative estimate of drug-likeness (QED) is 0.570. The minimum Gasteiger partial charge on any atom is -0.258 e. The average Bonchev–Trinajstić information content (AvgIpc) is 2.32. The van der Waals surface area contributed by atoms with Gasteiger partial charge in [-0.05, 0) is 40.2 Å². The molecule has 6 heteroatoms. The molecule has 2 aromatic rings. The van der Waals surface area contributed by atoms with E-state index < -0.39 is 4.92 Å². The Balaban J connectivity index is 2.42. The maximum absolute atomic E-state index is 10.9. The van der Waals surface area contributed by atoms with Gasteiger partial charge in [0.15, 0.2) is 0 Å². The van der Waals surface area contributed by atoms with E-state index in [1.54, 1.807) is 6.07 Å². The SMILES string of the molecule is O=[N+]([O-])c1ccc(Cl)cc1Sc1ccccc1Br. The molecule has 18 heavy (non-hydrogen) atoms. The van der Waals surface area contributed by atoms with Crippen LogP contribution in [-0.2, 0) is 0 Å². The van der Waals surface area contributed by atoms with Crippen molar-refractivity contribution in [2.75, 3.05) is 0 Å². The predicted molar refractivity (Wildman–Crippen MR) is 76.4 cm³/mol. The first-order chi connectivity index (χ1) is 8.58. The summed E-state index contributed by atoms with van der Waals surface area (Å²) in [5.74, 6) is 0. The second kappa shape index (κ2) is 5.73. The van der Waals surface area contributed by atoms with E-state index in [4.69, 9.17) is 11.6 Å². The van der Waals surface area contributed by atoms with Crippen LogP contribution >= 0.6 is 39.3 Å². The molecular formula is C12H7BrClNO2S. The van der Waals surface area contributed by atoms with Gasteiger partial charge < -0.3 is 0 Å². The van der Waals surface area contributed by atoms with Gasteiger partial charge in [-0.25, -0.2) is 0 Å². The maximum atomic E-state index is 10.9. The molecule has 0 aliphatic heterocycles. The molecule has 0 aliphatic rings. The van der Waals surface area contributed by atoms with Crippen LogP contribution < -0.4 is 0 Å². The Kier molecular flexibility index (Phi) is 4.27. The van der Waals surface area contributed by atoms with Crippen molar-refractivity contribution in [1.82, 2.24) is 0 Å². The lowest BCUT2D eigenvalue weighted by Gasteiger charge is -2.05. The molecule has 92 valence electrons. The summed E-state index contributed by atoms with van der Waals surface area (Å²) in [6, 6.07) is 12.1. The zero-order valence-electron chi connectivity index (χ0n) is 8.97. The summed E-state index contributed by atoms with van der Waals surface area (Å²) < 4.78 is 0.893. The molecule has 0 saturated heterocycles. The van der Waals surface area contributed by atoms with E-state index in [9.17, 15) is 10.1 Å². The largest absolute Gasteiger partial charge is 0.283 e. The molecule has 3 nitrogen and oxygen atoms in total. The number of nitrogens with zero attached hydrogens (tertiary/aromatic N) is 1. The summed E-state index contributed by atoms with van der Waals surface area (Å²) in [6.45, 7) is 0. The summed E-state index contributed by atoms with van der Waals surface area (Å²) in [6.07, 6.45) is 0. The predicted octanol–water partition coefficient (Wildman–Crippen LogP) is 5.16. The zero-order valence-corrected chi connectivity index (χ0v) is 12.1. The molecular weight excluding hydrogens is 338 g/mol. The Hall–Kier alpha value is -1.04. The molecule has 0 saturated carbocycles. The molecule has 0 unspecified atom stereocenters. The second-order valence-electron chi connectivity index (χ2n) is 3.40. The van der Waals surface area contributed by atoms with Gasteiger partial charge in [-0.1, -0.05) is 35.5 Å². The molecule has 0 spiro atoms. The van der Waals surface area contributed by atoms with E-state index in [2.05, 4.69) is 15.9 Å². The lowest BCUT2D eigenvalue weighted by molar-refractivity contribution is -0.387. The molecule has 2 aromatic carbocycles. The minimum absolute atomic E-state index is 0.0557. The number of hydrogen-bond acceptors (Lipinski definition) is 3. The molecule has 0 fully saturated rings. The van der Waals surface area contributed by atoms with Gasteiger partial charge >= 0.3 is 0 Å². The van der Waals surface area contributed by atoms with Crippen molar-refractivity contribution in [3.05, 3.63) is 62.1 Å². The minimum atomic E-state index is -0.407. The smallest absolute Gasteiger partial charge is 0.258 e. The molecule has 0 N–H and O–H groups in total. The number of hydrogen-bond donors (Lipinski definition) is 0. The molecule has 0 bridgehead atoms. The van der Waals surface area contributed by atoms with E-state index in [0.29, 0.717) is 9.92 Å². The van der Waals surface area contributed by atoms with Crippen LogP contribution in [0.15, 0.2) is 56.7 Å². The number of nitro groups is 1. The maximum Gasteiger partial charge on any atom is 0.283 e. The topological polar surface area (TPSA) is 43.1 Å². The van der Waals surface area contributed by atoms with E-state index in [1.165, 1.54) is 23.9 Å². The van der Waals surface area contributed by atoms with Crippen molar-refractivity contribution in [2.24, 2.45) is 0 Å². The van der Waals surface area contributed by atoms with Crippen molar-refractivity contribution < 1.29 is 4.92 Å². The lowest BCUT2D eigenvalue weighted by Crippen LogP contribution is -1.90. The molecule has 0 aliphatic carbocycles. The van der Waals surface area contributed by atoms with Crippen LogP contribution in [0.2, 0.25) is 5.02 Å². The first-order valence-corrected chi connectivity index (χ1v) is 6.93. The van der Waals surface area contributed by atoms with Gasteiger partial charge in [-0.15, -0.1) is 0 Å². The third-order valence-corrected chi connectivity index (χ3v) is 4.49. The lowest BCUT2D eigenvalue weighted by atomic mass is 10.3. The van der Waals surface area contributed by atoms with Crippen LogP contribution in [0, 0.1) is 10.1 Å². The highest BCUT2D eigenvalue weighted by Gasteiger charge is 2.15. The van der Waals surface area contributed by atoms with Gasteiger partial charge in [0.25, 0.3) is 5.69 Å². The average molecular weight is 345 g/mol. The van der Waals surface area contributed by atoms with Gasteiger partial charge in [-0.3, -0.25) is 10.1 Å². The number of nitro benzene ring substituents is 1. The number of halogens is 2. The first-order valence-electron chi connectivity index (χ1n) is 4.94. The van der Waals surface area contributed by atoms with Gasteiger partial charge in [0.2, 0.25) is 0 Å². The normalized spacial score (nSPS) is 10.3. The summed E-state index contributed by atoms with van der Waals surface area (Å²) in [7, 11) is 0. The van der Waals surface area contributed by atoms with Crippen LogP contribution in [0.25, 0.3) is 0 Å². The third-order valence-electron chi connectivity index (χ3n) is 2.18. The van der Waals surface area contributed by atoms with Crippen LogP contribution in [0.3, 0.4) is 0 Å². The molecule has 0 heterocycles. The number of benzene rings is 2. The Morgan fingerprint density at radius 2 is 1.89 bits per heavy atom. The van der Waals surface area contributed by atoms with E-state index >= 15 is 0 Å². The molecule has 0 atom stereocenters. The molecule has 0 aromatic heterocycles. The fourth-order valence-corrected chi connectivity index (χ4v) is 3.11. The van der Waals surface area contributed by atoms with Gasteiger partial charge in [0.05, 0.1) is 9.82 Å². The standard InChI is InChI=1S/C12H7BrClNO2S/c13-9-3-1-2-4-11(9)18-12-7-8(14)5-6-10(12)15(16)17/h1-7H. The highest BCUT2D eigenvalue weighted by Crippen LogP contribution is 2.39. The summed E-state index contributed by atoms with van der Waals surface area (Å²) in [5, 5.41) is 11.4. The highest BCUT2D eigenvalue weighted by atomic mass is 79.9. The third kappa shape index (κ3) is 3.04. The molecule has 0 radical (unpaired) electrons. The number of rotatable bonds is 3. The summed E-state index contributed by atoms with van der Waals surface area (Å²) in [5.41, 5.74) is 0.0557. The van der Waals surface area contributed by atoms with Crippen molar-refractivity contribution in [3.63, 3.8) is 0 Å². The Labute approximate surface area is 121 Å². The fraction of sp³-hybridized carbons (Fsp3) is 0. The monoisotopic (exact) mass is 343 g/mol. The van der Waals surface area contributed by atoms with Crippen molar-refractivity contribution in [1.29, 1.82) is 0 Å². The Bertz CT molecular complexity index is 606. The van der Waals surface area contributed by atoms with E-state index in [1.807, 2.05) is 24.3 Å². The first kappa shape index (κ1) is 13.4.